The Hall–Kier alpha value is -3.14. The van der Waals surface area contributed by atoms with Gasteiger partial charge in [-0.05, 0) is 35.7 Å². The molecule has 0 radical (unpaired) electrons. The Kier molecular flexibility index (Phi) is 7.26. The normalized spacial score (nSPS) is 18.0. The fraction of sp³-hybridized carbons (Fsp3) is 0.346. The summed E-state index contributed by atoms with van der Waals surface area (Å²) in [6.45, 7) is 6.53. The fourth-order valence-electron chi connectivity index (χ4n) is 4.18. The molecule has 2 aromatic carbocycles. The van der Waals surface area contributed by atoms with Gasteiger partial charge in [-0.3, -0.25) is 4.79 Å². The van der Waals surface area contributed by atoms with E-state index in [1.807, 2.05) is 20.8 Å². The lowest BCUT2D eigenvalue weighted by Crippen LogP contribution is -2.44. The van der Waals surface area contributed by atoms with Crippen molar-refractivity contribution in [2.75, 3.05) is 18.6 Å². The third-order valence-corrected chi connectivity index (χ3v) is 6.84. The number of hydrogen-bond donors (Lipinski definition) is 1. The number of anilines is 1. The molecule has 0 aliphatic carbocycles. The number of rotatable bonds is 6. The van der Waals surface area contributed by atoms with Crippen molar-refractivity contribution in [3.8, 4) is 11.5 Å². The number of aromatic nitrogens is 1. The van der Waals surface area contributed by atoms with E-state index in [-0.39, 0.29) is 29.2 Å². The molecule has 0 bridgehead atoms. The molecule has 1 aliphatic heterocycles. The predicted molar refractivity (Wildman–Crippen MR) is 139 cm³/mol. The van der Waals surface area contributed by atoms with E-state index in [1.165, 1.54) is 23.8 Å². The maximum Gasteiger partial charge on any atom is 0.355 e. The summed E-state index contributed by atoms with van der Waals surface area (Å²) in [5.74, 6) is -0.870. The van der Waals surface area contributed by atoms with Crippen LogP contribution in [-0.2, 0) is 16.0 Å². The van der Waals surface area contributed by atoms with Gasteiger partial charge < -0.3 is 24.6 Å². The number of carbonyl (C=O) groups is 2. The standard InChI is InChI=1S/C26H27ClN2O6S/c1-26(2,3)13-29-18-9-8-14(27)10-16(18)23(15-6-5-7-19(34-4)22(15)30)35-20(24(29)31)11-21-28-17(12-36-21)25(32)33/h5-10,12,20,23,30H,11,13H2,1-4H3,(H,32,33)/p+1/t20-,23-/m1/s1. The predicted octanol–water partition coefficient (Wildman–Crippen LogP) is 5.05. The molecular formula is C26H28ClN2O6S+. The second kappa shape index (κ2) is 10.1. The van der Waals surface area contributed by atoms with Crippen LogP contribution in [-0.4, -0.2) is 46.8 Å². The lowest BCUT2D eigenvalue weighted by molar-refractivity contribution is -0.132. The largest absolute Gasteiger partial charge is 0.590 e. The van der Waals surface area contributed by atoms with E-state index in [0.717, 1.165) is 0 Å². The van der Waals surface area contributed by atoms with E-state index in [0.29, 0.717) is 39.1 Å². The van der Waals surface area contributed by atoms with Crippen molar-refractivity contribution in [3.63, 3.8) is 0 Å². The van der Waals surface area contributed by atoms with Gasteiger partial charge in [-0.1, -0.05) is 38.4 Å². The molecule has 10 heteroatoms. The highest BCUT2D eigenvalue weighted by Gasteiger charge is 2.40. The van der Waals surface area contributed by atoms with Gasteiger partial charge in [-0.15, -0.1) is 11.3 Å². The Balaban J connectivity index is 1.87. The topological polar surface area (TPSA) is 112 Å². The maximum atomic E-state index is 14.0. The molecule has 2 heterocycles. The SMILES string of the molecule is COc1cccc([C@H]2O[C@H](Cc3nc(C(=O)O)cs3)C(=O)N(CC(C)(C)C)c3ccc(Cl)cc32)c1[OH2+]. The first-order chi connectivity index (χ1) is 17.0. The van der Waals surface area contributed by atoms with Gasteiger partial charge in [0.05, 0.1) is 17.7 Å². The molecule has 0 saturated carbocycles. The van der Waals surface area contributed by atoms with Crippen molar-refractivity contribution in [3.05, 3.63) is 68.6 Å². The summed E-state index contributed by atoms with van der Waals surface area (Å²) in [5, 5.41) is 20.4. The van der Waals surface area contributed by atoms with Crippen molar-refractivity contribution < 1.29 is 29.3 Å². The number of thiazole rings is 1. The summed E-state index contributed by atoms with van der Waals surface area (Å²) in [6.07, 6.45) is -1.67. The molecule has 190 valence electrons. The van der Waals surface area contributed by atoms with Crippen molar-refractivity contribution in [2.24, 2.45) is 5.41 Å². The maximum absolute atomic E-state index is 14.0. The van der Waals surface area contributed by atoms with Crippen LogP contribution < -0.4 is 9.64 Å². The first-order valence-corrected chi connectivity index (χ1v) is 12.6. The average Bonchev–Trinajstić information content (AvgIpc) is 3.25. The van der Waals surface area contributed by atoms with Crippen LogP contribution in [0.1, 0.15) is 53.5 Å². The Morgan fingerprint density at radius 2 is 2.03 bits per heavy atom. The second-order valence-corrected chi connectivity index (χ2v) is 11.1. The van der Waals surface area contributed by atoms with Crippen LogP contribution in [0.25, 0.3) is 0 Å². The van der Waals surface area contributed by atoms with Gasteiger partial charge in [0.25, 0.3) is 5.91 Å². The highest BCUT2D eigenvalue weighted by molar-refractivity contribution is 7.09. The number of aromatic carboxylic acids is 1. The number of halogens is 1. The minimum Gasteiger partial charge on any atom is -0.590 e. The van der Waals surface area contributed by atoms with Gasteiger partial charge in [0.15, 0.2) is 5.69 Å². The molecule has 1 aliphatic rings. The van der Waals surface area contributed by atoms with E-state index >= 15 is 0 Å². The first kappa shape index (κ1) is 25.9. The number of amides is 1. The molecule has 3 N–H and O–H groups in total. The van der Waals surface area contributed by atoms with Crippen molar-refractivity contribution in [2.45, 2.75) is 39.4 Å². The summed E-state index contributed by atoms with van der Waals surface area (Å²) in [6, 6.07) is 10.5. The molecular weight excluding hydrogens is 504 g/mol. The highest BCUT2D eigenvalue weighted by Crippen LogP contribution is 2.45. The van der Waals surface area contributed by atoms with Crippen LogP contribution in [0.5, 0.6) is 11.5 Å². The van der Waals surface area contributed by atoms with Gasteiger partial charge in [0.2, 0.25) is 5.75 Å². The van der Waals surface area contributed by atoms with E-state index in [1.54, 1.807) is 41.3 Å². The Labute approximate surface area is 218 Å². The Bertz CT molecular complexity index is 1300. The molecule has 0 spiro atoms. The molecule has 0 saturated heterocycles. The Morgan fingerprint density at radius 3 is 2.67 bits per heavy atom. The van der Waals surface area contributed by atoms with Crippen LogP contribution in [0.15, 0.2) is 41.8 Å². The molecule has 8 nitrogen and oxygen atoms in total. The zero-order valence-corrected chi connectivity index (χ0v) is 21.9. The highest BCUT2D eigenvalue weighted by atomic mass is 35.5. The third kappa shape index (κ3) is 5.33. The lowest BCUT2D eigenvalue weighted by atomic mass is 9.94. The van der Waals surface area contributed by atoms with Crippen molar-refractivity contribution >= 4 is 40.5 Å². The number of carboxylic acid groups (broad SMARTS) is 1. The molecule has 1 amide bonds. The smallest absolute Gasteiger partial charge is 0.355 e. The summed E-state index contributed by atoms with van der Waals surface area (Å²) < 4.78 is 11.8. The van der Waals surface area contributed by atoms with E-state index < -0.39 is 18.2 Å². The van der Waals surface area contributed by atoms with E-state index in [2.05, 4.69) is 4.98 Å². The molecule has 36 heavy (non-hydrogen) atoms. The van der Waals surface area contributed by atoms with Gasteiger partial charge in [0.1, 0.15) is 12.2 Å². The minimum atomic E-state index is -1.13. The zero-order valence-electron chi connectivity index (χ0n) is 20.4. The average molecular weight is 532 g/mol. The molecule has 4 rings (SSSR count). The number of ether oxygens (including phenoxy) is 2. The summed E-state index contributed by atoms with van der Waals surface area (Å²) in [7, 11) is 1.50. The lowest BCUT2D eigenvalue weighted by Gasteiger charge is -2.31. The van der Waals surface area contributed by atoms with E-state index in [9.17, 15) is 14.7 Å². The van der Waals surface area contributed by atoms with Gasteiger partial charge in [-0.2, -0.15) is 0 Å². The number of methoxy groups -OCH3 is 1. The van der Waals surface area contributed by atoms with Crippen LogP contribution in [0, 0.1) is 5.41 Å². The second-order valence-electron chi connectivity index (χ2n) is 9.75. The minimum absolute atomic E-state index is 0.0736. The quantitative estimate of drug-likeness (QED) is 0.445. The van der Waals surface area contributed by atoms with Crippen LogP contribution in [0.4, 0.5) is 5.69 Å². The summed E-state index contributed by atoms with van der Waals surface area (Å²) >= 11 is 7.57. The number of benzene rings is 2. The molecule has 0 fully saturated rings. The first-order valence-electron chi connectivity index (χ1n) is 11.3. The molecule has 3 aromatic rings. The van der Waals surface area contributed by atoms with Crippen molar-refractivity contribution in [1.82, 2.24) is 4.98 Å². The number of nitrogens with zero attached hydrogens (tertiary/aromatic N) is 2. The van der Waals surface area contributed by atoms with Crippen molar-refractivity contribution in [1.29, 1.82) is 0 Å². The van der Waals surface area contributed by atoms with Gasteiger partial charge in [0, 0.05) is 34.6 Å². The molecule has 2 atom stereocenters. The number of para-hydroxylation sites is 1. The summed E-state index contributed by atoms with van der Waals surface area (Å²) in [5.41, 5.74) is 1.54. The number of fused-ring (bicyclic) bond motifs is 1. The zero-order chi connectivity index (χ0) is 26.2. The number of carboxylic acids is 1. The van der Waals surface area contributed by atoms with Crippen LogP contribution >= 0.6 is 22.9 Å². The third-order valence-electron chi connectivity index (χ3n) is 5.73. The van der Waals surface area contributed by atoms with E-state index in [4.69, 9.17) is 26.2 Å². The monoisotopic (exact) mass is 531 g/mol. The van der Waals surface area contributed by atoms with Crippen LogP contribution in [0.3, 0.4) is 0 Å². The van der Waals surface area contributed by atoms with Crippen LogP contribution in [0.2, 0.25) is 5.02 Å². The summed E-state index contributed by atoms with van der Waals surface area (Å²) in [4.78, 5) is 31.2. The Morgan fingerprint density at radius 1 is 1.28 bits per heavy atom. The van der Waals surface area contributed by atoms with Gasteiger partial charge >= 0.3 is 11.7 Å². The molecule has 0 unspecified atom stereocenters. The fourth-order valence-corrected chi connectivity index (χ4v) is 5.16. The van der Waals surface area contributed by atoms with Gasteiger partial charge in [-0.25, -0.2) is 9.78 Å². The molecule has 1 aromatic heterocycles. The number of carbonyl (C=O) groups excluding carboxylic acids is 1. The number of hydrogen-bond acceptors (Lipinski definition) is 6.